The first-order chi connectivity index (χ1) is 10.3. The standard InChI is InChI=1S/C18H24N2O/c1-3-11-19-16-12-15(13-7-4-5-8-13)20-18-14(16)9-6-10-17(18)21-2/h6,9-10,12-13H,3-5,7-8,11H2,1-2H3,(H,19,20). The van der Waals surface area contributed by atoms with Crippen LogP contribution in [0, 0.1) is 0 Å². The van der Waals surface area contributed by atoms with Crippen molar-refractivity contribution in [3.8, 4) is 5.75 Å². The fraction of sp³-hybridized carbons (Fsp3) is 0.500. The number of rotatable bonds is 5. The van der Waals surface area contributed by atoms with E-state index < -0.39 is 0 Å². The third kappa shape index (κ3) is 2.82. The average Bonchev–Trinajstić information content (AvgIpc) is 3.06. The molecule has 3 nitrogen and oxygen atoms in total. The first-order valence-corrected chi connectivity index (χ1v) is 8.05. The molecule has 1 fully saturated rings. The second-order valence-electron chi connectivity index (χ2n) is 5.86. The number of aromatic nitrogens is 1. The summed E-state index contributed by atoms with van der Waals surface area (Å²) >= 11 is 0. The number of methoxy groups -OCH3 is 1. The van der Waals surface area contributed by atoms with Crippen LogP contribution >= 0.6 is 0 Å². The average molecular weight is 284 g/mol. The molecule has 0 amide bonds. The van der Waals surface area contributed by atoms with Gasteiger partial charge in [-0.05, 0) is 31.4 Å². The van der Waals surface area contributed by atoms with Crippen LogP contribution < -0.4 is 10.1 Å². The summed E-state index contributed by atoms with van der Waals surface area (Å²) in [6.07, 6.45) is 6.30. The van der Waals surface area contributed by atoms with Gasteiger partial charge in [0.25, 0.3) is 0 Å². The molecule has 0 bridgehead atoms. The fourth-order valence-electron chi connectivity index (χ4n) is 3.24. The van der Waals surface area contributed by atoms with Gasteiger partial charge >= 0.3 is 0 Å². The summed E-state index contributed by atoms with van der Waals surface area (Å²) in [4.78, 5) is 4.93. The van der Waals surface area contributed by atoms with E-state index in [2.05, 4.69) is 24.4 Å². The fourth-order valence-corrected chi connectivity index (χ4v) is 3.24. The molecule has 0 atom stereocenters. The predicted molar refractivity (Wildman–Crippen MR) is 88.3 cm³/mol. The van der Waals surface area contributed by atoms with Gasteiger partial charge in [-0.1, -0.05) is 31.9 Å². The summed E-state index contributed by atoms with van der Waals surface area (Å²) in [5.74, 6) is 1.48. The van der Waals surface area contributed by atoms with E-state index in [1.807, 2.05) is 12.1 Å². The minimum absolute atomic E-state index is 0.612. The molecule has 0 aliphatic heterocycles. The van der Waals surface area contributed by atoms with Crippen molar-refractivity contribution in [2.45, 2.75) is 44.9 Å². The largest absolute Gasteiger partial charge is 0.494 e. The lowest BCUT2D eigenvalue weighted by molar-refractivity contribution is 0.418. The number of nitrogens with zero attached hydrogens (tertiary/aromatic N) is 1. The van der Waals surface area contributed by atoms with E-state index in [-0.39, 0.29) is 0 Å². The monoisotopic (exact) mass is 284 g/mol. The van der Waals surface area contributed by atoms with Crippen molar-refractivity contribution in [3.63, 3.8) is 0 Å². The first kappa shape index (κ1) is 14.2. The molecule has 1 aromatic heterocycles. The number of nitrogens with one attached hydrogen (secondary N) is 1. The summed E-state index contributed by atoms with van der Waals surface area (Å²) < 4.78 is 5.51. The van der Waals surface area contributed by atoms with Gasteiger partial charge in [-0.3, -0.25) is 0 Å². The molecule has 1 aliphatic carbocycles. The number of hydrogen-bond acceptors (Lipinski definition) is 3. The van der Waals surface area contributed by atoms with Crippen molar-refractivity contribution < 1.29 is 4.74 Å². The van der Waals surface area contributed by atoms with Gasteiger partial charge in [-0.2, -0.15) is 0 Å². The highest BCUT2D eigenvalue weighted by Gasteiger charge is 2.20. The van der Waals surface area contributed by atoms with Gasteiger partial charge in [0.2, 0.25) is 0 Å². The number of fused-ring (bicyclic) bond motifs is 1. The molecule has 1 N–H and O–H groups in total. The van der Waals surface area contributed by atoms with Gasteiger partial charge in [0.1, 0.15) is 11.3 Å². The van der Waals surface area contributed by atoms with Crippen LogP contribution in [0.25, 0.3) is 10.9 Å². The van der Waals surface area contributed by atoms with Crippen molar-refractivity contribution in [1.29, 1.82) is 0 Å². The van der Waals surface area contributed by atoms with E-state index in [0.717, 1.165) is 29.6 Å². The zero-order chi connectivity index (χ0) is 14.7. The minimum Gasteiger partial charge on any atom is -0.494 e. The van der Waals surface area contributed by atoms with E-state index in [1.54, 1.807) is 7.11 Å². The third-order valence-electron chi connectivity index (χ3n) is 4.38. The smallest absolute Gasteiger partial charge is 0.145 e. The van der Waals surface area contributed by atoms with Crippen molar-refractivity contribution >= 4 is 16.6 Å². The topological polar surface area (TPSA) is 34.2 Å². The van der Waals surface area contributed by atoms with Crippen LogP contribution in [-0.2, 0) is 0 Å². The number of pyridine rings is 1. The number of benzene rings is 1. The van der Waals surface area contributed by atoms with Gasteiger partial charge < -0.3 is 10.1 Å². The first-order valence-electron chi connectivity index (χ1n) is 8.05. The summed E-state index contributed by atoms with van der Waals surface area (Å²) in [6.45, 7) is 3.18. The Balaban J connectivity index is 2.11. The van der Waals surface area contributed by atoms with Crippen LogP contribution in [0.2, 0.25) is 0 Å². The molecule has 0 saturated heterocycles. The highest BCUT2D eigenvalue weighted by atomic mass is 16.5. The Bertz CT molecular complexity index is 618. The number of anilines is 1. The Hall–Kier alpha value is -1.77. The Morgan fingerprint density at radius 1 is 1.29 bits per heavy atom. The maximum Gasteiger partial charge on any atom is 0.145 e. The molecule has 1 aromatic carbocycles. The Morgan fingerprint density at radius 2 is 2.10 bits per heavy atom. The number of ether oxygens (including phenoxy) is 1. The van der Waals surface area contributed by atoms with E-state index in [9.17, 15) is 0 Å². The normalized spacial score (nSPS) is 15.5. The van der Waals surface area contributed by atoms with Gasteiger partial charge in [0.15, 0.2) is 0 Å². The predicted octanol–water partition coefficient (Wildman–Crippen LogP) is 4.72. The summed E-state index contributed by atoms with van der Waals surface area (Å²) in [5.41, 5.74) is 3.41. The molecule has 0 unspecified atom stereocenters. The Labute approximate surface area is 126 Å². The van der Waals surface area contributed by atoms with E-state index in [4.69, 9.17) is 9.72 Å². The molecule has 2 aromatic rings. The molecule has 21 heavy (non-hydrogen) atoms. The van der Waals surface area contributed by atoms with Crippen LogP contribution in [0.15, 0.2) is 24.3 Å². The molecule has 0 radical (unpaired) electrons. The van der Waals surface area contributed by atoms with Crippen LogP contribution in [-0.4, -0.2) is 18.6 Å². The lowest BCUT2D eigenvalue weighted by Crippen LogP contribution is -2.05. The highest BCUT2D eigenvalue weighted by Crippen LogP contribution is 2.37. The molecule has 1 saturated carbocycles. The Morgan fingerprint density at radius 3 is 2.81 bits per heavy atom. The van der Waals surface area contributed by atoms with E-state index in [0.29, 0.717) is 5.92 Å². The molecule has 3 heteroatoms. The van der Waals surface area contributed by atoms with Gasteiger partial charge in [0, 0.05) is 29.2 Å². The Kier molecular flexibility index (Phi) is 4.28. The SMILES string of the molecule is CCCNc1cc(C2CCCC2)nc2c(OC)cccc12. The number of hydrogen-bond donors (Lipinski definition) is 1. The molecular weight excluding hydrogens is 260 g/mol. The summed E-state index contributed by atoms with van der Waals surface area (Å²) in [6, 6.07) is 8.42. The molecule has 1 aliphatic rings. The number of para-hydroxylation sites is 1. The van der Waals surface area contributed by atoms with Crippen LogP contribution in [0.5, 0.6) is 5.75 Å². The second kappa shape index (κ2) is 6.33. The van der Waals surface area contributed by atoms with E-state index >= 15 is 0 Å². The van der Waals surface area contributed by atoms with Gasteiger partial charge in [0.05, 0.1) is 7.11 Å². The molecular formula is C18H24N2O. The van der Waals surface area contributed by atoms with Crippen molar-refractivity contribution in [2.75, 3.05) is 19.0 Å². The third-order valence-corrected chi connectivity index (χ3v) is 4.38. The van der Waals surface area contributed by atoms with Crippen LogP contribution in [0.4, 0.5) is 5.69 Å². The zero-order valence-corrected chi connectivity index (χ0v) is 13.0. The maximum atomic E-state index is 5.51. The van der Waals surface area contributed by atoms with Crippen molar-refractivity contribution in [2.24, 2.45) is 0 Å². The lowest BCUT2D eigenvalue weighted by Gasteiger charge is -2.16. The molecule has 112 valence electrons. The van der Waals surface area contributed by atoms with Crippen molar-refractivity contribution in [1.82, 2.24) is 4.98 Å². The van der Waals surface area contributed by atoms with Crippen LogP contribution in [0.3, 0.4) is 0 Å². The van der Waals surface area contributed by atoms with Gasteiger partial charge in [-0.25, -0.2) is 4.98 Å². The molecule has 3 rings (SSSR count). The lowest BCUT2D eigenvalue weighted by atomic mass is 10.0. The quantitative estimate of drug-likeness (QED) is 0.862. The summed E-state index contributed by atoms with van der Waals surface area (Å²) in [7, 11) is 1.72. The highest BCUT2D eigenvalue weighted by molar-refractivity contribution is 5.95. The molecule has 0 spiro atoms. The van der Waals surface area contributed by atoms with Gasteiger partial charge in [-0.15, -0.1) is 0 Å². The van der Waals surface area contributed by atoms with Crippen LogP contribution in [0.1, 0.15) is 50.6 Å². The second-order valence-corrected chi connectivity index (χ2v) is 5.86. The zero-order valence-electron chi connectivity index (χ0n) is 13.0. The summed E-state index contributed by atoms with van der Waals surface area (Å²) in [5, 5.41) is 4.71. The van der Waals surface area contributed by atoms with Crippen molar-refractivity contribution in [3.05, 3.63) is 30.0 Å². The van der Waals surface area contributed by atoms with E-state index in [1.165, 1.54) is 37.1 Å². The maximum absolute atomic E-state index is 5.51. The minimum atomic E-state index is 0.612. The molecule has 1 heterocycles.